The van der Waals surface area contributed by atoms with Crippen molar-refractivity contribution in [1.29, 1.82) is 0 Å². The molecule has 0 saturated heterocycles. The number of benzene rings is 1. The summed E-state index contributed by atoms with van der Waals surface area (Å²) in [6.07, 6.45) is 1.41. The van der Waals surface area contributed by atoms with E-state index in [2.05, 4.69) is 5.32 Å². The summed E-state index contributed by atoms with van der Waals surface area (Å²) >= 11 is 0. The Kier molecular flexibility index (Phi) is 3.38. The van der Waals surface area contributed by atoms with Crippen LogP contribution in [-0.2, 0) is 4.79 Å². The third kappa shape index (κ3) is 2.01. The molecule has 0 saturated carbocycles. The highest BCUT2D eigenvalue weighted by molar-refractivity contribution is 6.25. The van der Waals surface area contributed by atoms with E-state index in [-0.39, 0.29) is 17.5 Å². The number of amides is 1. The second-order valence-electron chi connectivity index (χ2n) is 4.64. The summed E-state index contributed by atoms with van der Waals surface area (Å²) in [6, 6.07) is 6.29. The van der Waals surface area contributed by atoms with Crippen LogP contribution in [-0.4, -0.2) is 28.3 Å². The first kappa shape index (κ1) is 13.3. The number of ketones is 1. The van der Waals surface area contributed by atoms with Crippen LogP contribution in [0.25, 0.3) is 0 Å². The number of aliphatic carboxylic acids is 1. The van der Waals surface area contributed by atoms with E-state index in [0.29, 0.717) is 6.42 Å². The van der Waals surface area contributed by atoms with Crippen LogP contribution in [0.3, 0.4) is 0 Å². The molecule has 2 N–H and O–H groups in total. The van der Waals surface area contributed by atoms with Gasteiger partial charge in [-0.1, -0.05) is 38.0 Å². The van der Waals surface area contributed by atoms with Gasteiger partial charge in [0.15, 0.2) is 0 Å². The highest BCUT2D eigenvalue weighted by Crippen LogP contribution is 2.27. The van der Waals surface area contributed by atoms with E-state index >= 15 is 0 Å². The molecule has 0 fully saturated rings. The second kappa shape index (κ2) is 4.84. The first-order valence-corrected chi connectivity index (χ1v) is 6.22. The minimum Gasteiger partial charge on any atom is -0.479 e. The molecule has 5 heteroatoms. The number of hydrogen-bond acceptors (Lipinski definition) is 3. The second-order valence-corrected chi connectivity index (χ2v) is 4.64. The van der Waals surface area contributed by atoms with Gasteiger partial charge in [-0.2, -0.15) is 0 Å². The molecule has 1 amide bonds. The van der Waals surface area contributed by atoms with E-state index in [1.54, 1.807) is 12.1 Å². The van der Waals surface area contributed by atoms with Gasteiger partial charge in [-0.3, -0.25) is 9.59 Å². The topological polar surface area (TPSA) is 83.5 Å². The van der Waals surface area contributed by atoms with Crippen molar-refractivity contribution in [1.82, 2.24) is 5.32 Å². The maximum Gasteiger partial charge on any atom is 0.337 e. The first-order valence-electron chi connectivity index (χ1n) is 6.22. The largest absolute Gasteiger partial charge is 0.479 e. The molecule has 0 spiro atoms. The minimum absolute atomic E-state index is 0.109. The molecule has 1 atom stereocenters. The molecule has 1 aliphatic heterocycles. The van der Waals surface area contributed by atoms with Gasteiger partial charge >= 0.3 is 5.97 Å². The normalized spacial score (nSPS) is 21.7. The molecular weight excluding hydrogens is 246 g/mol. The molecule has 2 rings (SSSR count). The number of unbranched alkanes of at least 4 members (excludes halogenated alkanes) is 1. The predicted molar refractivity (Wildman–Crippen MR) is 68.1 cm³/mol. The highest BCUT2D eigenvalue weighted by atomic mass is 16.4. The summed E-state index contributed by atoms with van der Waals surface area (Å²) in [4.78, 5) is 35.9. The summed E-state index contributed by atoms with van der Waals surface area (Å²) in [5.74, 6) is -2.34. The Bertz CT molecular complexity index is 552. The lowest BCUT2D eigenvalue weighted by Crippen LogP contribution is -2.63. The first-order chi connectivity index (χ1) is 9.03. The molecule has 1 unspecified atom stereocenters. The zero-order valence-electron chi connectivity index (χ0n) is 10.6. The Hall–Kier alpha value is -2.17. The zero-order valence-corrected chi connectivity index (χ0v) is 10.6. The molecule has 1 aromatic carbocycles. The van der Waals surface area contributed by atoms with Crippen LogP contribution in [0.5, 0.6) is 0 Å². The monoisotopic (exact) mass is 261 g/mol. The van der Waals surface area contributed by atoms with Crippen molar-refractivity contribution in [2.75, 3.05) is 0 Å². The van der Waals surface area contributed by atoms with Gasteiger partial charge in [0.2, 0.25) is 11.3 Å². The summed E-state index contributed by atoms with van der Waals surface area (Å²) in [7, 11) is 0. The fraction of sp³-hybridized carbons (Fsp3) is 0.357. The van der Waals surface area contributed by atoms with E-state index in [1.807, 2.05) is 6.92 Å². The fourth-order valence-electron chi connectivity index (χ4n) is 2.30. The lowest BCUT2D eigenvalue weighted by Gasteiger charge is -2.33. The van der Waals surface area contributed by atoms with E-state index < -0.39 is 23.2 Å². The molecule has 0 bridgehead atoms. The number of hydrogen-bond donors (Lipinski definition) is 2. The van der Waals surface area contributed by atoms with Crippen LogP contribution in [0, 0.1) is 0 Å². The number of rotatable bonds is 4. The molecule has 1 aliphatic rings. The Morgan fingerprint density at radius 2 is 1.89 bits per heavy atom. The SMILES string of the molecule is CCCCC1(C(=O)O)NC(=O)c2ccccc2C1=O. The van der Waals surface area contributed by atoms with Crippen molar-refractivity contribution < 1.29 is 19.5 Å². The van der Waals surface area contributed by atoms with Crippen molar-refractivity contribution in [3.63, 3.8) is 0 Å². The minimum atomic E-state index is -1.82. The number of carboxylic acids is 1. The van der Waals surface area contributed by atoms with Crippen LogP contribution >= 0.6 is 0 Å². The number of nitrogens with one attached hydrogen (secondary N) is 1. The standard InChI is InChI=1S/C14H15NO4/c1-2-3-8-14(13(18)19)11(16)9-6-4-5-7-10(9)12(17)15-14/h4-7H,2-3,8H2,1H3,(H,15,17)(H,18,19). The Morgan fingerprint density at radius 3 is 2.47 bits per heavy atom. The quantitative estimate of drug-likeness (QED) is 0.807. The molecule has 0 aromatic heterocycles. The third-order valence-corrected chi connectivity index (χ3v) is 3.40. The molecule has 19 heavy (non-hydrogen) atoms. The Morgan fingerprint density at radius 1 is 1.26 bits per heavy atom. The van der Waals surface area contributed by atoms with Gasteiger partial charge in [-0.25, -0.2) is 4.79 Å². The van der Waals surface area contributed by atoms with Crippen molar-refractivity contribution in [2.24, 2.45) is 0 Å². The number of carboxylic acid groups (broad SMARTS) is 1. The van der Waals surface area contributed by atoms with Crippen molar-refractivity contribution in [3.05, 3.63) is 35.4 Å². The lowest BCUT2D eigenvalue weighted by atomic mass is 9.79. The van der Waals surface area contributed by atoms with Crippen molar-refractivity contribution in [3.8, 4) is 0 Å². The summed E-state index contributed by atoms with van der Waals surface area (Å²) < 4.78 is 0. The molecular formula is C14H15NO4. The summed E-state index contributed by atoms with van der Waals surface area (Å²) in [5.41, 5.74) is -1.40. The smallest absolute Gasteiger partial charge is 0.337 e. The van der Waals surface area contributed by atoms with E-state index in [1.165, 1.54) is 12.1 Å². The van der Waals surface area contributed by atoms with Crippen LogP contribution in [0.2, 0.25) is 0 Å². The average Bonchev–Trinajstić information content (AvgIpc) is 2.41. The van der Waals surface area contributed by atoms with Gasteiger partial charge in [-0.05, 0) is 12.5 Å². The Labute approximate surface area is 110 Å². The van der Waals surface area contributed by atoms with Gasteiger partial charge in [0, 0.05) is 5.56 Å². The third-order valence-electron chi connectivity index (χ3n) is 3.40. The maximum absolute atomic E-state index is 12.4. The van der Waals surface area contributed by atoms with Crippen LogP contribution in [0.1, 0.15) is 46.9 Å². The van der Waals surface area contributed by atoms with Crippen LogP contribution in [0.15, 0.2) is 24.3 Å². The lowest BCUT2D eigenvalue weighted by molar-refractivity contribution is -0.142. The van der Waals surface area contributed by atoms with Crippen LogP contribution < -0.4 is 5.32 Å². The number of fused-ring (bicyclic) bond motifs is 1. The summed E-state index contributed by atoms with van der Waals surface area (Å²) in [5, 5.41) is 11.8. The Balaban J connectivity index is 2.52. The molecule has 1 heterocycles. The number of Topliss-reactive ketones (excluding diaryl/α,β-unsaturated/α-hetero) is 1. The predicted octanol–water partition coefficient (Wildman–Crippen LogP) is 1.63. The molecule has 0 aliphatic carbocycles. The average molecular weight is 261 g/mol. The van der Waals surface area contributed by atoms with Gasteiger partial charge in [0.05, 0.1) is 5.56 Å². The number of carbonyl (C=O) groups is 3. The molecule has 1 aromatic rings. The molecule has 0 radical (unpaired) electrons. The van der Waals surface area contributed by atoms with E-state index in [0.717, 1.165) is 6.42 Å². The van der Waals surface area contributed by atoms with Crippen molar-refractivity contribution in [2.45, 2.75) is 31.7 Å². The van der Waals surface area contributed by atoms with Gasteiger partial charge in [-0.15, -0.1) is 0 Å². The summed E-state index contributed by atoms with van der Waals surface area (Å²) in [6.45, 7) is 1.90. The zero-order chi connectivity index (χ0) is 14.0. The maximum atomic E-state index is 12.4. The van der Waals surface area contributed by atoms with Gasteiger partial charge in [0.1, 0.15) is 0 Å². The molecule has 5 nitrogen and oxygen atoms in total. The van der Waals surface area contributed by atoms with E-state index in [4.69, 9.17) is 0 Å². The van der Waals surface area contributed by atoms with Crippen LogP contribution in [0.4, 0.5) is 0 Å². The number of carbonyl (C=O) groups excluding carboxylic acids is 2. The van der Waals surface area contributed by atoms with Crippen molar-refractivity contribution >= 4 is 17.7 Å². The van der Waals surface area contributed by atoms with Gasteiger partial charge < -0.3 is 10.4 Å². The highest BCUT2D eigenvalue weighted by Gasteiger charge is 2.51. The fourth-order valence-corrected chi connectivity index (χ4v) is 2.30. The molecule has 100 valence electrons. The van der Waals surface area contributed by atoms with E-state index in [9.17, 15) is 19.5 Å². The van der Waals surface area contributed by atoms with Gasteiger partial charge in [0.25, 0.3) is 5.91 Å².